The molecule has 0 saturated heterocycles. The lowest BCUT2D eigenvalue weighted by Gasteiger charge is -2.14. The van der Waals surface area contributed by atoms with Gasteiger partial charge in [-0.25, -0.2) is 0 Å². The predicted octanol–water partition coefficient (Wildman–Crippen LogP) is 3.34. The van der Waals surface area contributed by atoms with E-state index >= 15 is 0 Å². The summed E-state index contributed by atoms with van der Waals surface area (Å²) in [6.07, 6.45) is 1.71. The molecule has 0 bridgehead atoms. The van der Waals surface area contributed by atoms with Crippen LogP contribution in [0.4, 0.5) is 0 Å². The average molecular weight is 240 g/mol. The zero-order valence-corrected chi connectivity index (χ0v) is 10.4. The van der Waals surface area contributed by atoms with Crippen LogP contribution in [0, 0.1) is 0 Å². The normalized spacial score (nSPS) is 16.3. The van der Waals surface area contributed by atoms with E-state index in [4.69, 9.17) is 4.74 Å². The Labute approximate surface area is 107 Å². The summed E-state index contributed by atoms with van der Waals surface area (Å²) < 4.78 is 5.41. The summed E-state index contributed by atoms with van der Waals surface area (Å²) >= 11 is 0. The molecular weight excluding hydrogens is 224 g/mol. The third kappa shape index (κ3) is 1.89. The molecule has 2 aromatic rings. The maximum atomic E-state index is 10.2. The second kappa shape index (κ2) is 4.14. The molecule has 18 heavy (non-hydrogen) atoms. The van der Waals surface area contributed by atoms with Crippen molar-refractivity contribution in [3.8, 4) is 16.9 Å². The maximum Gasteiger partial charge on any atom is 0.126 e. The first-order valence-corrected chi connectivity index (χ1v) is 6.19. The zero-order valence-electron chi connectivity index (χ0n) is 10.4. The molecule has 3 rings (SSSR count). The lowest BCUT2D eigenvalue weighted by atomic mass is 9.98. The standard InChI is InChI=1S/C16H16O2/c1-18-15-8-7-13(16(17)9-10-16)11-14(15)12-5-3-2-4-6-12/h2-8,11,17H,9-10H2,1H3. The number of hydrogen-bond acceptors (Lipinski definition) is 2. The average Bonchev–Trinajstić information content (AvgIpc) is 3.18. The minimum Gasteiger partial charge on any atom is -0.496 e. The molecule has 1 N–H and O–H groups in total. The smallest absolute Gasteiger partial charge is 0.126 e. The number of rotatable bonds is 3. The summed E-state index contributed by atoms with van der Waals surface area (Å²) in [6.45, 7) is 0. The largest absolute Gasteiger partial charge is 0.496 e. The highest BCUT2D eigenvalue weighted by Crippen LogP contribution is 2.47. The Kier molecular flexibility index (Phi) is 2.60. The van der Waals surface area contributed by atoms with E-state index in [1.54, 1.807) is 7.11 Å². The highest BCUT2D eigenvalue weighted by Gasteiger charge is 2.42. The first-order valence-electron chi connectivity index (χ1n) is 6.19. The van der Waals surface area contributed by atoms with Gasteiger partial charge in [0.1, 0.15) is 5.75 Å². The van der Waals surface area contributed by atoms with Gasteiger partial charge in [-0.3, -0.25) is 0 Å². The Morgan fingerprint density at radius 1 is 1.06 bits per heavy atom. The Bertz CT molecular complexity index is 557. The summed E-state index contributed by atoms with van der Waals surface area (Å²) in [5.74, 6) is 0.842. The van der Waals surface area contributed by atoms with Gasteiger partial charge in [0.15, 0.2) is 0 Å². The van der Waals surface area contributed by atoms with E-state index in [1.807, 2.05) is 36.4 Å². The molecule has 2 aromatic carbocycles. The number of ether oxygens (including phenoxy) is 1. The van der Waals surface area contributed by atoms with Gasteiger partial charge in [0, 0.05) is 5.56 Å². The maximum absolute atomic E-state index is 10.2. The summed E-state index contributed by atoms with van der Waals surface area (Å²) in [7, 11) is 1.67. The Morgan fingerprint density at radius 3 is 2.39 bits per heavy atom. The molecule has 0 amide bonds. The van der Waals surface area contributed by atoms with Crippen LogP contribution in [-0.2, 0) is 5.60 Å². The van der Waals surface area contributed by atoms with Crippen LogP contribution < -0.4 is 4.74 Å². The first-order chi connectivity index (χ1) is 8.73. The second-order valence-corrected chi connectivity index (χ2v) is 4.81. The molecule has 0 unspecified atom stereocenters. The Balaban J connectivity index is 2.11. The minimum atomic E-state index is -0.601. The summed E-state index contributed by atoms with van der Waals surface area (Å²) in [6, 6.07) is 16.1. The van der Waals surface area contributed by atoms with Gasteiger partial charge >= 0.3 is 0 Å². The van der Waals surface area contributed by atoms with E-state index in [9.17, 15) is 5.11 Å². The fourth-order valence-corrected chi connectivity index (χ4v) is 2.25. The van der Waals surface area contributed by atoms with Crippen molar-refractivity contribution in [2.75, 3.05) is 7.11 Å². The molecule has 0 aromatic heterocycles. The molecule has 1 fully saturated rings. The molecule has 0 spiro atoms. The van der Waals surface area contributed by atoms with Crippen LogP contribution in [0.3, 0.4) is 0 Å². The molecule has 92 valence electrons. The molecule has 1 saturated carbocycles. The summed E-state index contributed by atoms with van der Waals surface area (Å²) in [4.78, 5) is 0. The van der Waals surface area contributed by atoms with Crippen molar-refractivity contribution in [3.63, 3.8) is 0 Å². The fraction of sp³-hybridized carbons (Fsp3) is 0.250. The third-order valence-corrected chi connectivity index (χ3v) is 3.55. The van der Waals surface area contributed by atoms with Crippen molar-refractivity contribution in [2.24, 2.45) is 0 Å². The molecule has 1 aliphatic rings. The molecule has 0 atom stereocenters. The van der Waals surface area contributed by atoms with Gasteiger partial charge in [-0.1, -0.05) is 36.4 Å². The Morgan fingerprint density at radius 2 is 1.78 bits per heavy atom. The van der Waals surface area contributed by atoms with Crippen LogP contribution in [0.25, 0.3) is 11.1 Å². The van der Waals surface area contributed by atoms with Gasteiger partial charge in [-0.05, 0) is 36.1 Å². The zero-order chi connectivity index (χ0) is 12.6. The van der Waals surface area contributed by atoms with Crippen molar-refractivity contribution < 1.29 is 9.84 Å². The lowest BCUT2D eigenvalue weighted by molar-refractivity contribution is 0.151. The number of aliphatic hydroxyl groups is 1. The van der Waals surface area contributed by atoms with Gasteiger partial charge in [0.05, 0.1) is 12.7 Å². The van der Waals surface area contributed by atoms with Crippen LogP contribution in [0.2, 0.25) is 0 Å². The van der Waals surface area contributed by atoms with Crippen LogP contribution in [-0.4, -0.2) is 12.2 Å². The molecule has 0 radical (unpaired) electrons. The SMILES string of the molecule is COc1ccc(C2(O)CC2)cc1-c1ccccc1. The summed E-state index contributed by atoms with van der Waals surface area (Å²) in [5, 5.41) is 10.2. The highest BCUT2D eigenvalue weighted by atomic mass is 16.5. The summed E-state index contributed by atoms with van der Waals surface area (Å²) in [5.41, 5.74) is 2.54. The molecule has 0 aliphatic heterocycles. The van der Waals surface area contributed by atoms with E-state index < -0.39 is 5.60 Å². The van der Waals surface area contributed by atoms with Gasteiger partial charge < -0.3 is 9.84 Å². The van der Waals surface area contributed by atoms with E-state index in [2.05, 4.69) is 12.1 Å². The van der Waals surface area contributed by atoms with E-state index in [-0.39, 0.29) is 0 Å². The second-order valence-electron chi connectivity index (χ2n) is 4.81. The number of benzene rings is 2. The monoisotopic (exact) mass is 240 g/mol. The first kappa shape index (κ1) is 11.3. The van der Waals surface area contributed by atoms with Crippen LogP contribution in [0.15, 0.2) is 48.5 Å². The highest BCUT2D eigenvalue weighted by molar-refractivity contribution is 5.71. The Hall–Kier alpha value is -1.80. The van der Waals surface area contributed by atoms with Gasteiger partial charge in [0.2, 0.25) is 0 Å². The van der Waals surface area contributed by atoms with Crippen LogP contribution in [0.1, 0.15) is 18.4 Å². The molecule has 0 heterocycles. The van der Waals surface area contributed by atoms with E-state index in [0.29, 0.717) is 0 Å². The lowest BCUT2D eigenvalue weighted by Crippen LogP contribution is -2.04. The predicted molar refractivity (Wildman–Crippen MR) is 71.6 cm³/mol. The van der Waals surface area contributed by atoms with Crippen molar-refractivity contribution >= 4 is 0 Å². The molecule has 2 heteroatoms. The molecular formula is C16H16O2. The topological polar surface area (TPSA) is 29.5 Å². The van der Waals surface area contributed by atoms with E-state index in [1.165, 1.54) is 0 Å². The van der Waals surface area contributed by atoms with Gasteiger partial charge in [-0.15, -0.1) is 0 Å². The van der Waals surface area contributed by atoms with Crippen LogP contribution >= 0.6 is 0 Å². The van der Waals surface area contributed by atoms with Crippen molar-refractivity contribution in [1.29, 1.82) is 0 Å². The molecule has 1 aliphatic carbocycles. The number of hydrogen-bond donors (Lipinski definition) is 1. The number of methoxy groups -OCH3 is 1. The van der Waals surface area contributed by atoms with Crippen molar-refractivity contribution in [3.05, 3.63) is 54.1 Å². The van der Waals surface area contributed by atoms with E-state index in [0.717, 1.165) is 35.3 Å². The fourth-order valence-electron chi connectivity index (χ4n) is 2.25. The van der Waals surface area contributed by atoms with Crippen molar-refractivity contribution in [2.45, 2.75) is 18.4 Å². The molecule has 2 nitrogen and oxygen atoms in total. The third-order valence-electron chi connectivity index (χ3n) is 3.55. The quantitative estimate of drug-likeness (QED) is 0.891. The minimum absolute atomic E-state index is 0.601. The van der Waals surface area contributed by atoms with Gasteiger partial charge in [0.25, 0.3) is 0 Å². The van der Waals surface area contributed by atoms with Crippen molar-refractivity contribution in [1.82, 2.24) is 0 Å². The van der Waals surface area contributed by atoms with Gasteiger partial charge in [-0.2, -0.15) is 0 Å². The van der Waals surface area contributed by atoms with Crippen LogP contribution in [0.5, 0.6) is 5.75 Å².